The van der Waals surface area contributed by atoms with Crippen molar-refractivity contribution in [1.29, 1.82) is 0 Å². The third-order valence-corrected chi connectivity index (χ3v) is 5.51. The molecule has 8 nitrogen and oxygen atoms in total. The molecule has 2 rings (SSSR count). The van der Waals surface area contributed by atoms with Crippen molar-refractivity contribution >= 4 is 43.2 Å². The third-order valence-electron chi connectivity index (χ3n) is 3.77. The summed E-state index contributed by atoms with van der Waals surface area (Å²) in [7, 11) is -4.27. The van der Waals surface area contributed by atoms with Gasteiger partial charge in [-0.15, -0.1) is 10.2 Å². The molecule has 1 atom stereocenters. The summed E-state index contributed by atoms with van der Waals surface area (Å²) in [6.07, 6.45) is 2.46. The Hall–Kier alpha value is -0.0400. The first-order valence-electron chi connectivity index (χ1n) is 8.35. The number of nitrogens with zero attached hydrogens (tertiary/aromatic N) is 4. The van der Waals surface area contributed by atoms with E-state index >= 15 is 0 Å². The Morgan fingerprint density at radius 1 is 1.17 bits per heavy atom. The Morgan fingerprint density at radius 3 is 2.34 bits per heavy atom. The Morgan fingerprint density at radius 2 is 1.86 bits per heavy atom. The van der Waals surface area contributed by atoms with Gasteiger partial charge in [0.05, 0.1) is 0 Å². The first-order valence-corrected chi connectivity index (χ1v) is 10.6. The number of phenolic OH excluding ortho intramolecular Hbond substituents is 1. The predicted molar refractivity (Wildman–Crippen MR) is 107 cm³/mol. The maximum absolute atomic E-state index is 11.7. The van der Waals surface area contributed by atoms with Gasteiger partial charge in [0.2, 0.25) is 0 Å². The second-order valence-electron chi connectivity index (χ2n) is 5.78. The molecule has 1 aromatic carbocycles. The average Bonchev–Trinajstić information content (AvgIpc) is 2.61. The fraction of sp³-hybridized carbons (Fsp3) is 0.353. The van der Waals surface area contributed by atoms with Crippen LogP contribution in [-0.4, -0.2) is 35.0 Å². The molecule has 0 radical (unpaired) electrons. The van der Waals surface area contributed by atoms with Gasteiger partial charge in [0, 0.05) is 29.0 Å². The molecule has 1 aromatic heterocycles. The summed E-state index contributed by atoms with van der Waals surface area (Å²) in [5, 5.41) is 17.1. The van der Waals surface area contributed by atoms with Gasteiger partial charge in [-0.2, -0.15) is 8.42 Å². The van der Waals surface area contributed by atoms with Gasteiger partial charge in [-0.3, -0.25) is 4.55 Å². The molecule has 12 heteroatoms. The zero-order valence-electron chi connectivity index (χ0n) is 16.9. The SMILES string of the molecule is CCCN(c1ccc(N=Nc2ccc(Br)cn2)c(O)c1)C(CC)S(=O)(=O)O.[Na+].[Na+]. The molecule has 0 aliphatic heterocycles. The van der Waals surface area contributed by atoms with E-state index < -0.39 is 15.5 Å². The zero-order chi connectivity index (χ0) is 20.0. The molecule has 0 aliphatic rings. The van der Waals surface area contributed by atoms with E-state index in [1.165, 1.54) is 12.1 Å². The summed E-state index contributed by atoms with van der Waals surface area (Å²) >= 11 is 3.28. The molecule has 0 aliphatic carbocycles. The quantitative estimate of drug-likeness (QED) is 0.266. The van der Waals surface area contributed by atoms with Crippen LogP contribution in [0.4, 0.5) is 17.2 Å². The molecule has 0 saturated heterocycles. The van der Waals surface area contributed by atoms with Crippen LogP contribution in [0.15, 0.2) is 51.2 Å². The zero-order valence-corrected chi connectivity index (χ0v) is 23.4. The van der Waals surface area contributed by atoms with E-state index in [9.17, 15) is 18.1 Å². The second-order valence-corrected chi connectivity index (χ2v) is 8.27. The van der Waals surface area contributed by atoms with Crippen LogP contribution in [-0.2, 0) is 10.1 Å². The van der Waals surface area contributed by atoms with Gasteiger partial charge in [0.25, 0.3) is 10.1 Å². The Labute approximate surface area is 223 Å². The summed E-state index contributed by atoms with van der Waals surface area (Å²) in [5.41, 5.74) is 0.694. The standard InChI is InChI=1S/C17H21BrN4O4S.2Na/c1-3-9-22(17(4-2)27(24,25)26)13-6-7-14(15(23)10-13)20-21-16-8-5-12(18)11-19-16;;/h5-8,10-11,17,23H,3-4,9H2,1-2H3,(H,24,25,26);;/q;2*+1. The molecule has 2 aromatic rings. The molecule has 29 heavy (non-hydrogen) atoms. The molecule has 1 unspecified atom stereocenters. The van der Waals surface area contributed by atoms with Gasteiger partial charge in [0.15, 0.2) is 11.2 Å². The van der Waals surface area contributed by atoms with Gasteiger partial charge in [0.1, 0.15) is 11.4 Å². The van der Waals surface area contributed by atoms with Gasteiger partial charge in [-0.1, -0.05) is 13.8 Å². The van der Waals surface area contributed by atoms with E-state index in [1.54, 1.807) is 36.2 Å². The molecule has 0 saturated carbocycles. The molecule has 0 amide bonds. The van der Waals surface area contributed by atoms with Crippen LogP contribution in [0.5, 0.6) is 5.75 Å². The normalized spacial score (nSPS) is 12.1. The Bertz CT molecular complexity index is 914. The number of halogens is 1. The van der Waals surface area contributed by atoms with Crippen molar-refractivity contribution in [2.45, 2.75) is 32.1 Å². The maximum atomic E-state index is 11.7. The van der Waals surface area contributed by atoms with Crippen molar-refractivity contribution < 1.29 is 77.2 Å². The molecule has 0 bridgehead atoms. The number of anilines is 1. The van der Waals surface area contributed by atoms with Crippen molar-refractivity contribution in [3.05, 3.63) is 41.0 Å². The van der Waals surface area contributed by atoms with E-state index in [1.807, 2.05) is 6.92 Å². The van der Waals surface area contributed by atoms with Crippen LogP contribution in [0.1, 0.15) is 26.7 Å². The minimum Gasteiger partial charge on any atom is -0.506 e. The topological polar surface area (TPSA) is 115 Å². The van der Waals surface area contributed by atoms with Crippen molar-refractivity contribution in [2.24, 2.45) is 10.2 Å². The van der Waals surface area contributed by atoms with E-state index in [-0.39, 0.29) is 77.0 Å². The van der Waals surface area contributed by atoms with Gasteiger partial charge in [-0.25, -0.2) is 4.98 Å². The van der Waals surface area contributed by atoms with Crippen LogP contribution in [0.3, 0.4) is 0 Å². The number of aromatic nitrogens is 1. The number of azo groups is 1. The average molecular weight is 503 g/mol. The fourth-order valence-corrected chi connectivity index (χ4v) is 3.78. The van der Waals surface area contributed by atoms with Gasteiger partial charge < -0.3 is 10.0 Å². The molecular formula is C17H21BrN4Na2O4S+2. The van der Waals surface area contributed by atoms with Gasteiger partial charge >= 0.3 is 59.1 Å². The Kier molecular flexibility index (Phi) is 13.4. The van der Waals surface area contributed by atoms with Crippen LogP contribution >= 0.6 is 15.9 Å². The molecule has 0 fully saturated rings. The van der Waals surface area contributed by atoms with E-state index in [4.69, 9.17) is 0 Å². The largest absolute Gasteiger partial charge is 1.00 e. The minimum atomic E-state index is -4.27. The number of pyridine rings is 1. The fourth-order valence-electron chi connectivity index (χ4n) is 2.58. The first kappa shape index (κ1) is 29.0. The number of hydrogen-bond donors (Lipinski definition) is 2. The number of phenols is 1. The number of rotatable bonds is 8. The van der Waals surface area contributed by atoms with Crippen LogP contribution in [0, 0.1) is 0 Å². The monoisotopic (exact) mass is 502 g/mol. The number of benzene rings is 1. The molecule has 2 N–H and O–H groups in total. The van der Waals surface area contributed by atoms with Crippen molar-refractivity contribution in [1.82, 2.24) is 4.98 Å². The van der Waals surface area contributed by atoms with Gasteiger partial charge in [-0.05, 0) is 53.0 Å². The van der Waals surface area contributed by atoms with E-state index in [0.717, 1.165) is 4.47 Å². The maximum Gasteiger partial charge on any atom is 1.00 e. The first-order chi connectivity index (χ1) is 12.8. The number of aromatic hydroxyl groups is 1. The summed E-state index contributed by atoms with van der Waals surface area (Å²) < 4.78 is 33.7. The molecular weight excluding hydrogens is 482 g/mol. The predicted octanol–water partition coefficient (Wildman–Crippen LogP) is -1.19. The smallest absolute Gasteiger partial charge is 0.506 e. The molecule has 146 valence electrons. The number of hydrogen-bond acceptors (Lipinski definition) is 7. The van der Waals surface area contributed by atoms with Crippen molar-refractivity contribution in [2.75, 3.05) is 11.4 Å². The van der Waals surface area contributed by atoms with Crippen LogP contribution in [0.25, 0.3) is 0 Å². The summed E-state index contributed by atoms with van der Waals surface area (Å²) in [4.78, 5) is 5.61. The van der Waals surface area contributed by atoms with E-state index in [2.05, 4.69) is 31.1 Å². The van der Waals surface area contributed by atoms with Crippen LogP contribution < -0.4 is 64.0 Å². The second kappa shape index (κ2) is 13.4. The van der Waals surface area contributed by atoms with Crippen molar-refractivity contribution in [3.8, 4) is 5.75 Å². The minimum absolute atomic E-state index is 0. The summed E-state index contributed by atoms with van der Waals surface area (Å²) in [5.74, 6) is 0.228. The van der Waals surface area contributed by atoms with Crippen molar-refractivity contribution in [3.63, 3.8) is 0 Å². The third kappa shape index (κ3) is 8.54. The molecule has 1 heterocycles. The van der Waals surface area contributed by atoms with E-state index in [0.29, 0.717) is 24.5 Å². The summed E-state index contributed by atoms with van der Waals surface area (Å²) in [6.45, 7) is 3.98. The Balaban J connectivity index is 0.00000392. The summed E-state index contributed by atoms with van der Waals surface area (Å²) in [6, 6.07) is 8.01. The van der Waals surface area contributed by atoms with Crippen LogP contribution in [0.2, 0.25) is 0 Å². The molecule has 0 spiro atoms.